The van der Waals surface area contributed by atoms with Gasteiger partial charge in [0.05, 0.1) is 18.8 Å². The molecule has 136 valence electrons. The van der Waals surface area contributed by atoms with Gasteiger partial charge in [-0.25, -0.2) is 4.98 Å². The molecule has 1 aliphatic heterocycles. The lowest BCUT2D eigenvalue weighted by Gasteiger charge is -2.28. The number of amides is 1. The molecular weight excluding hydrogens is 332 g/mol. The molecule has 0 spiro atoms. The maximum Gasteiger partial charge on any atom is 0.254 e. The minimum atomic E-state index is -0.533. The van der Waals surface area contributed by atoms with Crippen molar-refractivity contribution in [3.63, 3.8) is 0 Å². The molecule has 2 aromatic rings. The van der Waals surface area contributed by atoms with Gasteiger partial charge >= 0.3 is 0 Å². The van der Waals surface area contributed by atoms with Crippen molar-refractivity contribution in [2.45, 2.75) is 18.9 Å². The minimum Gasteiger partial charge on any atom is -0.378 e. The van der Waals surface area contributed by atoms with Gasteiger partial charge in [-0.3, -0.25) is 4.79 Å². The highest BCUT2D eigenvalue weighted by atomic mass is 16.5. The number of primary amides is 1. The Labute approximate surface area is 151 Å². The lowest BCUT2D eigenvalue weighted by Crippen LogP contribution is -2.36. The average molecular weight is 354 g/mol. The molecule has 1 aromatic heterocycles. The third-order valence-corrected chi connectivity index (χ3v) is 4.47. The van der Waals surface area contributed by atoms with Gasteiger partial charge in [-0.2, -0.15) is 4.98 Å². The summed E-state index contributed by atoms with van der Waals surface area (Å²) in [6.45, 7) is 3.33. The molecule has 2 heterocycles. The van der Waals surface area contributed by atoms with Crippen molar-refractivity contribution in [2.75, 3.05) is 41.8 Å². The molecule has 8 nitrogen and oxygen atoms in total. The van der Waals surface area contributed by atoms with Gasteiger partial charge in [0.15, 0.2) is 0 Å². The number of benzene rings is 1. The van der Waals surface area contributed by atoms with Crippen LogP contribution < -0.4 is 21.3 Å². The van der Waals surface area contributed by atoms with Crippen LogP contribution in [0.5, 0.6) is 0 Å². The van der Waals surface area contributed by atoms with Crippen LogP contribution in [0.15, 0.2) is 30.5 Å². The third-order valence-electron chi connectivity index (χ3n) is 4.47. The fraction of sp³-hybridized carbons (Fsp3) is 0.389. The first kappa shape index (κ1) is 16.6. The quantitative estimate of drug-likeness (QED) is 0.725. The molecule has 0 bridgehead atoms. The zero-order valence-corrected chi connectivity index (χ0v) is 14.4. The Morgan fingerprint density at radius 2 is 1.92 bits per heavy atom. The first-order chi connectivity index (χ1) is 12.7. The SMILES string of the molecule is NC(=O)c1cnc(Nc2ccc(N3CCOCC3)cc2)nc1NC1CC1. The highest BCUT2D eigenvalue weighted by Crippen LogP contribution is 2.27. The van der Waals surface area contributed by atoms with Crippen molar-refractivity contribution in [2.24, 2.45) is 5.73 Å². The van der Waals surface area contributed by atoms with E-state index >= 15 is 0 Å². The molecule has 2 aliphatic rings. The Morgan fingerprint density at radius 1 is 1.19 bits per heavy atom. The van der Waals surface area contributed by atoms with Crippen LogP contribution in [0, 0.1) is 0 Å². The fourth-order valence-corrected chi connectivity index (χ4v) is 2.86. The highest BCUT2D eigenvalue weighted by Gasteiger charge is 2.24. The van der Waals surface area contributed by atoms with Gasteiger partial charge in [0, 0.05) is 36.7 Å². The third kappa shape index (κ3) is 3.85. The largest absolute Gasteiger partial charge is 0.378 e. The lowest BCUT2D eigenvalue weighted by atomic mass is 10.2. The van der Waals surface area contributed by atoms with Crippen molar-refractivity contribution in [3.8, 4) is 0 Å². The number of hydrogen-bond donors (Lipinski definition) is 3. The normalized spacial score (nSPS) is 17.0. The number of morpholine rings is 1. The predicted octanol–water partition coefficient (Wildman–Crippen LogP) is 1.73. The molecule has 1 amide bonds. The van der Waals surface area contributed by atoms with Crippen LogP contribution >= 0.6 is 0 Å². The Morgan fingerprint density at radius 3 is 2.58 bits per heavy atom. The van der Waals surface area contributed by atoms with E-state index in [2.05, 4.69) is 37.6 Å². The number of carbonyl (C=O) groups excluding carboxylic acids is 1. The van der Waals surface area contributed by atoms with Gasteiger partial charge < -0.3 is 26.0 Å². The molecule has 4 rings (SSSR count). The summed E-state index contributed by atoms with van der Waals surface area (Å²) in [6, 6.07) is 8.47. The van der Waals surface area contributed by atoms with Gasteiger partial charge in [0.1, 0.15) is 5.82 Å². The lowest BCUT2D eigenvalue weighted by molar-refractivity contribution is 0.100. The highest BCUT2D eigenvalue weighted by molar-refractivity contribution is 5.97. The zero-order valence-electron chi connectivity index (χ0n) is 14.4. The molecule has 1 aromatic carbocycles. The van der Waals surface area contributed by atoms with Crippen LogP contribution in [0.3, 0.4) is 0 Å². The first-order valence-corrected chi connectivity index (χ1v) is 8.82. The molecule has 2 fully saturated rings. The fourth-order valence-electron chi connectivity index (χ4n) is 2.86. The molecule has 0 radical (unpaired) electrons. The second kappa shape index (κ2) is 7.17. The topological polar surface area (TPSA) is 105 Å². The van der Waals surface area contributed by atoms with E-state index < -0.39 is 5.91 Å². The molecule has 8 heteroatoms. The maximum atomic E-state index is 11.5. The van der Waals surface area contributed by atoms with Crippen molar-refractivity contribution < 1.29 is 9.53 Å². The molecule has 4 N–H and O–H groups in total. The van der Waals surface area contributed by atoms with Crippen LogP contribution in [0.2, 0.25) is 0 Å². The molecule has 0 atom stereocenters. The van der Waals surface area contributed by atoms with Crippen molar-refractivity contribution in [3.05, 3.63) is 36.0 Å². The van der Waals surface area contributed by atoms with E-state index in [-0.39, 0.29) is 0 Å². The molecule has 0 unspecified atom stereocenters. The monoisotopic (exact) mass is 354 g/mol. The summed E-state index contributed by atoms with van der Waals surface area (Å²) in [5, 5.41) is 6.41. The van der Waals surface area contributed by atoms with E-state index in [0.29, 0.717) is 23.4 Å². The van der Waals surface area contributed by atoms with Crippen LogP contribution in [-0.4, -0.2) is 48.2 Å². The van der Waals surface area contributed by atoms with E-state index in [4.69, 9.17) is 10.5 Å². The number of hydrogen-bond acceptors (Lipinski definition) is 7. The van der Waals surface area contributed by atoms with Crippen LogP contribution in [0.25, 0.3) is 0 Å². The van der Waals surface area contributed by atoms with E-state index in [0.717, 1.165) is 44.8 Å². The standard InChI is InChI=1S/C18H22N6O2/c19-16(25)15-11-20-18(23-17(15)21-12-1-2-12)22-13-3-5-14(6-4-13)24-7-9-26-10-8-24/h3-6,11-12H,1-2,7-10H2,(H2,19,25)(H2,20,21,22,23). The zero-order chi connectivity index (χ0) is 17.9. The number of nitrogens with one attached hydrogen (secondary N) is 2. The number of nitrogens with zero attached hydrogens (tertiary/aromatic N) is 3. The van der Waals surface area contributed by atoms with Gasteiger partial charge in [-0.1, -0.05) is 0 Å². The first-order valence-electron chi connectivity index (χ1n) is 8.82. The van der Waals surface area contributed by atoms with Crippen LogP contribution in [-0.2, 0) is 4.74 Å². The number of rotatable bonds is 6. The number of carbonyl (C=O) groups is 1. The Bertz CT molecular complexity index is 785. The number of anilines is 4. The van der Waals surface area contributed by atoms with E-state index in [9.17, 15) is 4.79 Å². The second-order valence-electron chi connectivity index (χ2n) is 6.51. The Kier molecular flexibility index (Phi) is 4.57. The summed E-state index contributed by atoms with van der Waals surface area (Å²) < 4.78 is 5.38. The summed E-state index contributed by atoms with van der Waals surface area (Å²) in [6.07, 6.45) is 3.62. The predicted molar refractivity (Wildman–Crippen MR) is 100.0 cm³/mol. The average Bonchev–Trinajstić information content (AvgIpc) is 3.47. The summed E-state index contributed by atoms with van der Waals surface area (Å²) in [5.41, 5.74) is 7.77. The smallest absolute Gasteiger partial charge is 0.254 e. The number of ether oxygens (including phenoxy) is 1. The molecular formula is C18H22N6O2. The summed E-state index contributed by atoms with van der Waals surface area (Å²) in [4.78, 5) is 22.5. The number of nitrogens with two attached hydrogens (primary N) is 1. The van der Waals surface area contributed by atoms with Crippen molar-refractivity contribution >= 4 is 29.0 Å². The summed E-state index contributed by atoms with van der Waals surface area (Å²) in [7, 11) is 0. The number of aromatic nitrogens is 2. The molecule has 1 saturated carbocycles. The minimum absolute atomic E-state index is 0.310. The molecule has 26 heavy (non-hydrogen) atoms. The van der Waals surface area contributed by atoms with E-state index in [1.165, 1.54) is 11.9 Å². The summed E-state index contributed by atoms with van der Waals surface area (Å²) in [5.74, 6) is 0.384. The Hall–Kier alpha value is -2.87. The van der Waals surface area contributed by atoms with Gasteiger partial charge in [0.25, 0.3) is 5.91 Å². The maximum absolute atomic E-state index is 11.5. The molecule has 1 aliphatic carbocycles. The molecule has 1 saturated heterocycles. The second-order valence-corrected chi connectivity index (χ2v) is 6.51. The van der Waals surface area contributed by atoms with Crippen LogP contribution in [0.1, 0.15) is 23.2 Å². The Balaban J connectivity index is 1.48. The van der Waals surface area contributed by atoms with Crippen molar-refractivity contribution in [1.29, 1.82) is 0 Å². The van der Waals surface area contributed by atoms with Gasteiger partial charge in [0.2, 0.25) is 5.95 Å². The van der Waals surface area contributed by atoms with E-state index in [1.54, 1.807) is 0 Å². The van der Waals surface area contributed by atoms with Gasteiger partial charge in [-0.15, -0.1) is 0 Å². The van der Waals surface area contributed by atoms with Crippen LogP contribution in [0.4, 0.5) is 23.1 Å². The van der Waals surface area contributed by atoms with Crippen molar-refractivity contribution in [1.82, 2.24) is 9.97 Å². The van der Waals surface area contributed by atoms with Gasteiger partial charge in [-0.05, 0) is 37.1 Å². The summed E-state index contributed by atoms with van der Waals surface area (Å²) >= 11 is 0. The van der Waals surface area contributed by atoms with E-state index in [1.807, 2.05) is 12.1 Å².